The molecule has 0 unspecified atom stereocenters. The Hall–Kier alpha value is -2.55. The zero-order chi connectivity index (χ0) is 15.9. The number of hydrogen-bond donors (Lipinski definition) is 0. The molecule has 3 aromatic rings. The third-order valence-electron chi connectivity index (χ3n) is 4.02. The molecule has 0 aliphatic carbocycles. The van der Waals surface area contributed by atoms with Crippen molar-refractivity contribution in [3.63, 3.8) is 0 Å². The van der Waals surface area contributed by atoms with Gasteiger partial charge in [0.25, 0.3) is 0 Å². The van der Waals surface area contributed by atoms with Crippen LogP contribution in [0.4, 0.5) is 0 Å². The Morgan fingerprint density at radius 3 is 2.32 bits per heavy atom. The molecule has 0 amide bonds. The smallest absolute Gasteiger partial charge is 0.197 e. The summed E-state index contributed by atoms with van der Waals surface area (Å²) in [5.74, 6) is 1.17. The van der Waals surface area contributed by atoms with E-state index in [1.54, 1.807) is 7.11 Å². The molecule has 1 heterocycles. The monoisotopic (exact) mass is 294 g/mol. The van der Waals surface area contributed by atoms with Crippen LogP contribution in [0.15, 0.2) is 45.6 Å². The van der Waals surface area contributed by atoms with E-state index >= 15 is 0 Å². The van der Waals surface area contributed by atoms with Crippen LogP contribution < -0.4 is 10.2 Å². The Morgan fingerprint density at radius 2 is 1.68 bits per heavy atom. The van der Waals surface area contributed by atoms with Crippen molar-refractivity contribution in [3.8, 4) is 17.1 Å². The molecular weight excluding hydrogens is 276 g/mol. The molecular formula is C19H18O3. The molecule has 1 aromatic heterocycles. The van der Waals surface area contributed by atoms with Gasteiger partial charge in [0.1, 0.15) is 22.5 Å². The number of rotatable bonds is 2. The normalized spacial score (nSPS) is 10.9. The minimum absolute atomic E-state index is 0.0863. The minimum atomic E-state index is -0.0863. The topological polar surface area (TPSA) is 39.4 Å². The van der Waals surface area contributed by atoms with Gasteiger partial charge in [-0.05, 0) is 38.0 Å². The summed E-state index contributed by atoms with van der Waals surface area (Å²) in [6, 6.07) is 11.3. The maximum Gasteiger partial charge on any atom is 0.197 e. The molecule has 0 spiro atoms. The molecule has 0 bridgehead atoms. The van der Waals surface area contributed by atoms with Crippen LogP contribution in [0.2, 0.25) is 0 Å². The summed E-state index contributed by atoms with van der Waals surface area (Å²) in [5, 5.41) is 0.501. The van der Waals surface area contributed by atoms with E-state index in [1.807, 2.05) is 51.1 Å². The summed E-state index contributed by atoms with van der Waals surface area (Å²) in [4.78, 5) is 12.5. The minimum Gasteiger partial charge on any atom is -0.496 e. The van der Waals surface area contributed by atoms with Gasteiger partial charge in [-0.15, -0.1) is 0 Å². The Kier molecular flexibility index (Phi) is 3.49. The first-order chi connectivity index (χ1) is 10.5. The van der Waals surface area contributed by atoms with Gasteiger partial charge in [0, 0.05) is 11.6 Å². The van der Waals surface area contributed by atoms with Crippen LogP contribution in [0.25, 0.3) is 22.3 Å². The second kappa shape index (κ2) is 5.34. The van der Waals surface area contributed by atoms with E-state index in [9.17, 15) is 4.79 Å². The lowest BCUT2D eigenvalue weighted by Gasteiger charge is -2.11. The summed E-state index contributed by atoms with van der Waals surface area (Å²) >= 11 is 0. The summed E-state index contributed by atoms with van der Waals surface area (Å²) in [7, 11) is 1.58. The third-order valence-corrected chi connectivity index (χ3v) is 4.02. The first-order valence-electron chi connectivity index (χ1n) is 7.20. The van der Waals surface area contributed by atoms with Gasteiger partial charge >= 0.3 is 0 Å². The molecule has 0 aliphatic heterocycles. The average molecular weight is 294 g/mol. The molecule has 0 fully saturated rings. The fraction of sp³-hybridized carbons (Fsp3) is 0.211. The lowest BCUT2D eigenvalue weighted by Crippen LogP contribution is -2.05. The highest BCUT2D eigenvalue weighted by molar-refractivity contribution is 5.87. The SMILES string of the molecule is COc1c(C)c(C)cc2oc(-c3ccc(C)cc3)cc(=O)c12. The Bertz CT molecular complexity index is 903. The van der Waals surface area contributed by atoms with Crippen molar-refractivity contribution < 1.29 is 9.15 Å². The standard InChI is InChI=1S/C19H18O3/c1-11-5-7-14(8-6-11)16-10-15(20)18-17(22-16)9-12(2)13(3)19(18)21-4/h5-10H,1-4H3. The van der Waals surface area contributed by atoms with Crippen LogP contribution in [0.1, 0.15) is 16.7 Å². The highest BCUT2D eigenvalue weighted by Crippen LogP contribution is 2.32. The van der Waals surface area contributed by atoms with E-state index in [-0.39, 0.29) is 5.43 Å². The predicted octanol–water partition coefficient (Wildman–Crippen LogP) is 4.39. The van der Waals surface area contributed by atoms with Crippen LogP contribution >= 0.6 is 0 Å². The van der Waals surface area contributed by atoms with E-state index < -0.39 is 0 Å². The molecule has 0 N–H and O–H groups in total. The van der Waals surface area contributed by atoms with Crippen LogP contribution in [0.5, 0.6) is 5.75 Å². The van der Waals surface area contributed by atoms with Crippen LogP contribution in [0.3, 0.4) is 0 Å². The molecule has 0 saturated heterocycles. The van der Waals surface area contributed by atoms with Crippen molar-refractivity contribution in [3.05, 3.63) is 63.3 Å². The first-order valence-corrected chi connectivity index (χ1v) is 7.20. The Morgan fingerprint density at radius 1 is 1.00 bits per heavy atom. The third kappa shape index (κ3) is 2.29. The first kappa shape index (κ1) is 14.4. The van der Waals surface area contributed by atoms with Gasteiger partial charge in [-0.2, -0.15) is 0 Å². The van der Waals surface area contributed by atoms with E-state index in [2.05, 4.69) is 0 Å². The molecule has 3 heteroatoms. The molecule has 3 nitrogen and oxygen atoms in total. The number of methoxy groups -OCH3 is 1. The fourth-order valence-electron chi connectivity index (χ4n) is 2.62. The zero-order valence-electron chi connectivity index (χ0n) is 13.2. The molecule has 0 radical (unpaired) electrons. The van der Waals surface area contributed by atoms with Crippen molar-refractivity contribution in [1.82, 2.24) is 0 Å². The summed E-state index contributed by atoms with van der Waals surface area (Å²) in [5.41, 5.74) is 4.53. The highest BCUT2D eigenvalue weighted by Gasteiger charge is 2.15. The van der Waals surface area contributed by atoms with Gasteiger partial charge < -0.3 is 9.15 Å². The van der Waals surface area contributed by atoms with Gasteiger partial charge in [-0.3, -0.25) is 4.79 Å². The van der Waals surface area contributed by atoms with E-state index in [4.69, 9.17) is 9.15 Å². The van der Waals surface area contributed by atoms with Gasteiger partial charge in [0.2, 0.25) is 0 Å². The number of ether oxygens (including phenoxy) is 1. The van der Waals surface area contributed by atoms with E-state index in [0.29, 0.717) is 22.5 Å². The van der Waals surface area contributed by atoms with Gasteiger partial charge in [0.15, 0.2) is 5.43 Å². The van der Waals surface area contributed by atoms with Crippen LogP contribution in [0, 0.1) is 20.8 Å². The quantitative estimate of drug-likeness (QED) is 0.703. The molecule has 0 saturated carbocycles. The van der Waals surface area contributed by atoms with Gasteiger partial charge in [-0.1, -0.05) is 29.8 Å². The number of benzene rings is 2. The summed E-state index contributed by atoms with van der Waals surface area (Å²) in [6.45, 7) is 5.95. The second-order valence-electron chi connectivity index (χ2n) is 5.57. The zero-order valence-corrected chi connectivity index (χ0v) is 13.2. The van der Waals surface area contributed by atoms with Crippen molar-refractivity contribution in [2.45, 2.75) is 20.8 Å². The largest absolute Gasteiger partial charge is 0.496 e. The summed E-state index contributed by atoms with van der Waals surface area (Å²) in [6.07, 6.45) is 0. The molecule has 0 aliphatic rings. The summed E-state index contributed by atoms with van der Waals surface area (Å²) < 4.78 is 11.4. The van der Waals surface area contributed by atoms with E-state index in [0.717, 1.165) is 16.7 Å². The molecule has 22 heavy (non-hydrogen) atoms. The highest BCUT2D eigenvalue weighted by atomic mass is 16.5. The van der Waals surface area contributed by atoms with Gasteiger partial charge in [-0.25, -0.2) is 0 Å². The second-order valence-corrected chi connectivity index (χ2v) is 5.57. The molecule has 2 aromatic carbocycles. The van der Waals surface area contributed by atoms with Crippen molar-refractivity contribution in [1.29, 1.82) is 0 Å². The van der Waals surface area contributed by atoms with Gasteiger partial charge in [0.05, 0.1) is 7.11 Å². The predicted molar refractivity (Wildman–Crippen MR) is 88.7 cm³/mol. The van der Waals surface area contributed by atoms with E-state index in [1.165, 1.54) is 11.6 Å². The Labute approximate surface area is 129 Å². The maximum absolute atomic E-state index is 12.5. The Balaban J connectivity index is 2.32. The number of fused-ring (bicyclic) bond motifs is 1. The van der Waals surface area contributed by atoms with Crippen molar-refractivity contribution in [2.75, 3.05) is 7.11 Å². The van der Waals surface area contributed by atoms with Crippen LogP contribution in [-0.4, -0.2) is 7.11 Å². The lowest BCUT2D eigenvalue weighted by molar-refractivity contribution is 0.415. The molecule has 0 atom stereocenters. The van der Waals surface area contributed by atoms with Crippen molar-refractivity contribution in [2.24, 2.45) is 0 Å². The number of aryl methyl sites for hydroxylation is 2. The fourth-order valence-corrected chi connectivity index (χ4v) is 2.62. The number of hydrogen-bond acceptors (Lipinski definition) is 3. The average Bonchev–Trinajstić information content (AvgIpc) is 2.49. The van der Waals surface area contributed by atoms with Crippen molar-refractivity contribution >= 4 is 11.0 Å². The molecule has 112 valence electrons. The lowest BCUT2D eigenvalue weighted by atomic mass is 10.0. The van der Waals surface area contributed by atoms with Crippen LogP contribution in [-0.2, 0) is 0 Å². The maximum atomic E-state index is 12.5. The molecule has 3 rings (SSSR count).